The molecule has 0 aliphatic carbocycles. The molecule has 6 heteroatoms. The van der Waals surface area contributed by atoms with Crippen molar-refractivity contribution in [1.29, 1.82) is 0 Å². The predicted octanol–water partition coefficient (Wildman–Crippen LogP) is 2.82. The third-order valence-electron chi connectivity index (χ3n) is 1.14. The summed E-state index contributed by atoms with van der Waals surface area (Å²) < 4.78 is 1.51. The fraction of sp³-hybridized carbons (Fsp3) is 0. The van der Waals surface area contributed by atoms with Crippen molar-refractivity contribution in [3.05, 3.63) is 37.3 Å². The number of hydrogen-bond donors (Lipinski definition) is 1. The maximum Gasteiger partial charge on any atom is 0.162 e. The number of hydrogen-bond acceptors (Lipinski definition) is 2. The molecule has 0 fully saturated rings. The molecule has 1 aromatic rings. The summed E-state index contributed by atoms with van der Waals surface area (Å²) in [5, 5.41) is 9.46. The van der Waals surface area contributed by atoms with Gasteiger partial charge in [0.1, 0.15) is 5.69 Å². The first kappa shape index (κ1) is 9.47. The zero-order valence-electron chi connectivity index (χ0n) is 5.75. The molecule has 0 unspecified atom stereocenters. The molecule has 0 radical (unpaired) electrons. The number of hydrazine groups is 1. The Bertz CT molecular complexity index is 316. The Kier molecular flexibility index (Phi) is 3.05. The molecule has 64 valence electrons. The molecule has 0 saturated carbocycles. The smallest absolute Gasteiger partial charge is 0.162 e. The average Bonchev–Trinajstić information content (AvgIpc) is 1.94. The molecule has 0 heterocycles. The van der Waals surface area contributed by atoms with Crippen LogP contribution in [0.3, 0.4) is 0 Å². The lowest BCUT2D eigenvalue weighted by atomic mass is 10.3. The van der Waals surface area contributed by atoms with Crippen LogP contribution in [-0.4, -0.2) is 5.03 Å². The van der Waals surface area contributed by atoms with Crippen molar-refractivity contribution in [2.24, 2.45) is 0 Å². The maximum atomic E-state index is 10.1. The van der Waals surface area contributed by atoms with Crippen molar-refractivity contribution >= 4 is 37.5 Å². The van der Waals surface area contributed by atoms with Crippen molar-refractivity contribution in [2.75, 3.05) is 5.43 Å². The number of nitrogens with one attached hydrogen (secondary N) is 1. The van der Waals surface area contributed by atoms with E-state index in [2.05, 4.69) is 37.3 Å². The van der Waals surface area contributed by atoms with Gasteiger partial charge in [0.2, 0.25) is 0 Å². The van der Waals surface area contributed by atoms with Gasteiger partial charge in [0.15, 0.2) is 5.03 Å². The molecular weight excluding hydrogens is 292 g/mol. The molecule has 1 N–H and O–H groups in total. The largest absolute Gasteiger partial charge is 0.235 e. The van der Waals surface area contributed by atoms with E-state index < -0.39 is 5.03 Å². The van der Waals surface area contributed by atoms with Crippen LogP contribution < -0.4 is 5.43 Å². The summed E-state index contributed by atoms with van der Waals surface area (Å²) in [7, 11) is 0. The third kappa shape index (κ3) is 2.46. The Morgan fingerprint density at radius 1 is 1.42 bits per heavy atom. The molecule has 12 heavy (non-hydrogen) atoms. The summed E-state index contributed by atoms with van der Waals surface area (Å²) in [6.45, 7) is 0. The molecule has 0 atom stereocenters. The summed E-state index contributed by atoms with van der Waals surface area (Å²) in [6, 6.07) is 5.05. The van der Waals surface area contributed by atoms with E-state index >= 15 is 0 Å². The van der Waals surface area contributed by atoms with Crippen LogP contribution in [-0.2, 0) is 0 Å². The minimum absolute atomic E-state index is 0.434. The van der Waals surface area contributed by atoms with Gasteiger partial charge in [-0.15, -0.1) is 5.43 Å². The van der Waals surface area contributed by atoms with Gasteiger partial charge in [0, 0.05) is 8.95 Å². The van der Waals surface area contributed by atoms with Gasteiger partial charge < -0.3 is 0 Å². The Morgan fingerprint density at radius 2 is 2.08 bits per heavy atom. The highest BCUT2D eigenvalue weighted by Gasteiger charge is 2.03. The first-order chi connectivity index (χ1) is 5.59. The SMILES string of the molecule is O=[N+]([O-])Nc1ccc(Br)cc1Br. The van der Waals surface area contributed by atoms with Gasteiger partial charge in [-0.25, -0.2) is 10.1 Å². The number of halogens is 2. The predicted molar refractivity (Wildman–Crippen MR) is 52.5 cm³/mol. The van der Waals surface area contributed by atoms with Crippen LogP contribution in [0.2, 0.25) is 0 Å². The van der Waals surface area contributed by atoms with Crippen LogP contribution in [0.1, 0.15) is 0 Å². The molecule has 0 aliphatic heterocycles. The minimum Gasteiger partial charge on any atom is -0.235 e. The highest BCUT2D eigenvalue weighted by Crippen LogP contribution is 2.25. The van der Waals surface area contributed by atoms with Crippen LogP contribution in [0, 0.1) is 10.1 Å². The molecule has 4 nitrogen and oxygen atoms in total. The fourth-order valence-corrected chi connectivity index (χ4v) is 1.81. The van der Waals surface area contributed by atoms with E-state index in [1.54, 1.807) is 18.2 Å². The van der Waals surface area contributed by atoms with Crippen LogP contribution >= 0.6 is 31.9 Å². The molecule has 0 bridgehead atoms. The summed E-state index contributed by atoms with van der Waals surface area (Å²) in [5.74, 6) is 0. The zero-order chi connectivity index (χ0) is 9.14. The second kappa shape index (κ2) is 3.86. The molecule has 1 rings (SSSR count). The summed E-state index contributed by atoms with van der Waals surface area (Å²) >= 11 is 6.41. The van der Waals surface area contributed by atoms with E-state index in [0.717, 1.165) is 4.47 Å². The molecule has 1 aromatic carbocycles. The summed E-state index contributed by atoms with van der Waals surface area (Å²) in [4.78, 5) is 10.1. The van der Waals surface area contributed by atoms with E-state index in [1.165, 1.54) is 0 Å². The molecule has 0 amide bonds. The standard InChI is InChI=1S/C6H4Br2N2O2/c7-4-1-2-6(5(8)3-4)9-10(11)12/h1-3,9H. The van der Waals surface area contributed by atoms with Crippen LogP contribution in [0.4, 0.5) is 5.69 Å². The Hall–Kier alpha value is -0.620. The number of benzene rings is 1. The Balaban J connectivity index is 2.93. The van der Waals surface area contributed by atoms with Crippen molar-refractivity contribution in [2.45, 2.75) is 0 Å². The topological polar surface area (TPSA) is 55.2 Å². The monoisotopic (exact) mass is 294 g/mol. The van der Waals surface area contributed by atoms with Gasteiger partial charge in [0.05, 0.1) is 0 Å². The highest BCUT2D eigenvalue weighted by molar-refractivity contribution is 9.11. The molecular formula is C6H4Br2N2O2. The molecule has 0 saturated heterocycles. The van der Waals surface area contributed by atoms with Crippen LogP contribution in [0.15, 0.2) is 27.1 Å². The van der Waals surface area contributed by atoms with E-state index in [4.69, 9.17) is 0 Å². The third-order valence-corrected chi connectivity index (χ3v) is 2.29. The van der Waals surface area contributed by atoms with Gasteiger partial charge in [0.25, 0.3) is 0 Å². The Morgan fingerprint density at radius 3 is 2.58 bits per heavy atom. The van der Waals surface area contributed by atoms with E-state index in [1.807, 2.05) is 0 Å². The lowest BCUT2D eigenvalue weighted by Crippen LogP contribution is -2.07. The van der Waals surface area contributed by atoms with Crippen molar-refractivity contribution < 1.29 is 5.03 Å². The van der Waals surface area contributed by atoms with Gasteiger partial charge in [-0.3, -0.25) is 0 Å². The first-order valence-corrected chi connectivity index (χ1v) is 4.54. The molecule has 0 aliphatic rings. The summed E-state index contributed by atoms with van der Waals surface area (Å²) in [5.41, 5.74) is 2.49. The van der Waals surface area contributed by atoms with Crippen molar-refractivity contribution in [1.82, 2.24) is 0 Å². The number of nitrogens with zero attached hydrogens (tertiary/aromatic N) is 1. The second-order valence-corrected chi connectivity index (χ2v) is 3.76. The minimum atomic E-state index is -0.603. The number of nitro groups is 1. The van der Waals surface area contributed by atoms with Gasteiger partial charge >= 0.3 is 0 Å². The van der Waals surface area contributed by atoms with Gasteiger partial charge in [-0.2, -0.15) is 0 Å². The zero-order valence-corrected chi connectivity index (χ0v) is 8.92. The van der Waals surface area contributed by atoms with E-state index in [0.29, 0.717) is 10.2 Å². The normalized spacial score (nSPS) is 9.50. The number of rotatable bonds is 2. The number of anilines is 1. The maximum absolute atomic E-state index is 10.1. The highest BCUT2D eigenvalue weighted by atomic mass is 79.9. The van der Waals surface area contributed by atoms with Crippen LogP contribution in [0.5, 0.6) is 0 Å². The lowest BCUT2D eigenvalue weighted by Gasteiger charge is -1.99. The van der Waals surface area contributed by atoms with E-state index in [9.17, 15) is 10.1 Å². The average molecular weight is 296 g/mol. The molecule has 0 spiro atoms. The second-order valence-electron chi connectivity index (χ2n) is 1.99. The quantitative estimate of drug-likeness (QED) is 0.674. The Labute approximate surface area is 85.3 Å². The van der Waals surface area contributed by atoms with Gasteiger partial charge in [-0.1, -0.05) is 15.9 Å². The van der Waals surface area contributed by atoms with Crippen molar-refractivity contribution in [3.63, 3.8) is 0 Å². The fourth-order valence-electron chi connectivity index (χ4n) is 0.678. The summed E-state index contributed by atoms with van der Waals surface area (Å²) in [6.07, 6.45) is 0. The van der Waals surface area contributed by atoms with E-state index in [-0.39, 0.29) is 0 Å². The lowest BCUT2D eigenvalue weighted by molar-refractivity contribution is -0.445. The van der Waals surface area contributed by atoms with Crippen LogP contribution in [0.25, 0.3) is 0 Å². The van der Waals surface area contributed by atoms with Crippen molar-refractivity contribution in [3.8, 4) is 0 Å². The van der Waals surface area contributed by atoms with Gasteiger partial charge in [-0.05, 0) is 34.1 Å². The first-order valence-electron chi connectivity index (χ1n) is 2.95. The molecule has 0 aromatic heterocycles.